The van der Waals surface area contributed by atoms with Crippen LogP contribution in [0.2, 0.25) is 0 Å². The monoisotopic (exact) mass is 402 g/mol. The first-order valence-corrected chi connectivity index (χ1v) is 10.4. The average molecular weight is 402 g/mol. The largest absolute Gasteiger partial charge is 0.459 e. The SMILES string of the molecule is Cc1ccc(C(=O)NC(C)c2ccc3c(c2)CCCC3)cc1NC(=O)c1ccco1. The van der Waals surface area contributed by atoms with Crippen molar-refractivity contribution < 1.29 is 14.0 Å². The number of carbonyl (C=O) groups is 2. The number of anilines is 1. The predicted molar refractivity (Wildman–Crippen MR) is 117 cm³/mol. The molecule has 1 aliphatic carbocycles. The van der Waals surface area contributed by atoms with E-state index in [1.54, 1.807) is 24.3 Å². The molecule has 0 aliphatic heterocycles. The molecule has 2 N–H and O–H groups in total. The van der Waals surface area contributed by atoms with Crippen LogP contribution >= 0.6 is 0 Å². The van der Waals surface area contributed by atoms with Gasteiger partial charge in [0.1, 0.15) is 0 Å². The van der Waals surface area contributed by atoms with Crippen molar-refractivity contribution in [3.8, 4) is 0 Å². The molecule has 0 radical (unpaired) electrons. The Labute approximate surface area is 176 Å². The van der Waals surface area contributed by atoms with Gasteiger partial charge in [0.25, 0.3) is 11.8 Å². The normalized spacial score (nSPS) is 13.9. The lowest BCUT2D eigenvalue weighted by Crippen LogP contribution is -2.27. The van der Waals surface area contributed by atoms with Crippen molar-refractivity contribution in [2.24, 2.45) is 0 Å². The second-order valence-corrected chi connectivity index (χ2v) is 7.89. The van der Waals surface area contributed by atoms with Gasteiger partial charge in [0.05, 0.1) is 12.3 Å². The molecule has 154 valence electrons. The van der Waals surface area contributed by atoms with Crippen molar-refractivity contribution in [3.63, 3.8) is 0 Å². The lowest BCUT2D eigenvalue weighted by Gasteiger charge is -2.20. The van der Waals surface area contributed by atoms with E-state index in [9.17, 15) is 9.59 Å². The number of nitrogens with one attached hydrogen (secondary N) is 2. The number of aryl methyl sites for hydroxylation is 3. The Morgan fingerprint density at radius 2 is 1.77 bits per heavy atom. The first kappa shape index (κ1) is 20.0. The summed E-state index contributed by atoms with van der Waals surface area (Å²) in [5.74, 6) is -0.290. The first-order valence-electron chi connectivity index (χ1n) is 10.4. The zero-order valence-corrected chi connectivity index (χ0v) is 17.3. The summed E-state index contributed by atoms with van der Waals surface area (Å²) in [6.45, 7) is 3.88. The van der Waals surface area contributed by atoms with E-state index < -0.39 is 0 Å². The Kier molecular flexibility index (Phi) is 5.70. The number of fused-ring (bicyclic) bond motifs is 1. The van der Waals surface area contributed by atoms with Crippen LogP contribution in [0, 0.1) is 6.92 Å². The van der Waals surface area contributed by atoms with Crippen molar-refractivity contribution in [1.82, 2.24) is 5.32 Å². The summed E-state index contributed by atoms with van der Waals surface area (Å²) in [5.41, 5.74) is 5.90. The molecule has 0 bridgehead atoms. The van der Waals surface area contributed by atoms with Gasteiger partial charge >= 0.3 is 0 Å². The molecule has 2 amide bonds. The van der Waals surface area contributed by atoms with Crippen molar-refractivity contribution in [3.05, 3.63) is 88.4 Å². The molecule has 0 saturated carbocycles. The fourth-order valence-electron chi connectivity index (χ4n) is 3.88. The molecule has 0 saturated heterocycles. The molecule has 2 aromatic carbocycles. The van der Waals surface area contributed by atoms with E-state index in [2.05, 4.69) is 28.8 Å². The van der Waals surface area contributed by atoms with Crippen LogP contribution in [0.25, 0.3) is 0 Å². The highest BCUT2D eigenvalue weighted by molar-refractivity contribution is 6.04. The summed E-state index contributed by atoms with van der Waals surface area (Å²) in [5, 5.41) is 5.89. The van der Waals surface area contributed by atoms with Gasteiger partial charge in [0, 0.05) is 11.3 Å². The topological polar surface area (TPSA) is 71.3 Å². The number of hydrogen-bond acceptors (Lipinski definition) is 3. The van der Waals surface area contributed by atoms with E-state index in [1.165, 1.54) is 30.2 Å². The third kappa shape index (κ3) is 4.30. The molecular formula is C25H26N2O3. The number of hydrogen-bond donors (Lipinski definition) is 2. The Morgan fingerprint density at radius 1 is 0.967 bits per heavy atom. The van der Waals surface area contributed by atoms with Crippen molar-refractivity contribution in [1.29, 1.82) is 0 Å². The van der Waals surface area contributed by atoms with Crippen LogP contribution in [0.4, 0.5) is 5.69 Å². The summed E-state index contributed by atoms with van der Waals surface area (Å²) >= 11 is 0. The highest BCUT2D eigenvalue weighted by Crippen LogP contribution is 2.25. The van der Waals surface area contributed by atoms with E-state index >= 15 is 0 Å². The van der Waals surface area contributed by atoms with Crippen molar-refractivity contribution >= 4 is 17.5 Å². The lowest BCUT2D eigenvalue weighted by molar-refractivity contribution is 0.0938. The molecule has 3 aromatic rings. The number of rotatable bonds is 5. The fourth-order valence-corrected chi connectivity index (χ4v) is 3.88. The third-order valence-corrected chi connectivity index (χ3v) is 5.71. The van der Waals surface area contributed by atoms with Crippen LogP contribution in [0.15, 0.2) is 59.2 Å². The number of carbonyl (C=O) groups excluding carboxylic acids is 2. The van der Waals surface area contributed by atoms with Crippen LogP contribution in [-0.4, -0.2) is 11.8 Å². The average Bonchev–Trinajstić information content (AvgIpc) is 3.30. The summed E-state index contributed by atoms with van der Waals surface area (Å²) in [6, 6.07) is 15.0. The Hall–Kier alpha value is -3.34. The standard InChI is InChI=1S/C25H26N2O3/c1-16-9-10-21(15-22(16)27-25(29)23-8-5-13-30-23)24(28)26-17(2)19-12-11-18-6-3-4-7-20(18)14-19/h5,8-15,17H,3-4,6-7H2,1-2H3,(H,26,28)(H,27,29). The molecule has 1 unspecified atom stereocenters. The van der Waals surface area contributed by atoms with Crippen molar-refractivity contribution in [2.75, 3.05) is 5.32 Å². The van der Waals surface area contributed by atoms with Gasteiger partial charge in [0.2, 0.25) is 0 Å². The molecule has 5 nitrogen and oxygen atoms in total. The number of furan rings is 1. The maximum Gasteiger partial charge on any atom is 0.291 e. The van der Waals surface area contributed by atoms with Crippen LogP contribution in [0.3, 0.4) is 0 Å². The van der Waals surface area contributed by atoms with Crippen LogP contribution < -0.4 is 10.6 Å². The smallest absolute Gasteiger partial charge is 0.291 e. The Morgan fingerprint density at radius 3 is 2.53 bits per heavy atom. The minimum absolute atomic E-state index is 0.104. The number of benzene rings is 2. The molecule has 5 heteroatoms. The van der Waals surface area contributed by atoms with Gasteiger partial charge in [-0.1, -0.05) is 24.3 Å². The summed E-state index contributed by atoms with van der Waals surface area (Å²) in [7, 11) is 0. The Bertz CT molecular complexity index is 1070. The maximum atomic E-state index is 12.9. The summed E-state index contributed by atoms with van der Waals surface area (Å²) < 4.78 is 5.13. The van der Waals surface area contributed by atoms with E-state index in [0.29, 0.717) is 11.3 Å². The first-order chi connectivity index (χ1) is 14.5. The van der Waals surface area contributed by atoms with Crippen LogP contribution in [-0.2, 0) is 12.8 Å². The molecule has 4 rings (SSSR count). The van der Waals surface area contributed by atoms with Gasteiger partial charge in [-0.15, -0.1) is 0 Å². The molecular weight excluding hydrogens is 376 g/mol. The highest BCUT2D eigenvalue weighted by atomic mass is 16.3. The third-order valence-electron chi connectivity index (χ3n) is 5.71. The lowest BCUT2D eigenvalue weighted by atomic mass is 9.89. The minimum atomic E-state index is -0.344. The van der Waals surface area contributed by atoms with Gasteiger partial charge in [-0.25, -0.2) is 0 Å². The zero-order valence-electron chi connectivity index (χ0n) is 17.3. The molecule has 1 atom stereocenters. The molecule has 30 heavy (non-hydrogen) atoms. The molecule has 0 fully saturated rings. The predicted octanol–water partition coefficient (Wildman–Crippen LogP) is 5.21. The molecule has 0 spiro atoms. The van der Waals surface area contributed by atoms with E-state index in [1.807, 2.05) is 19.9 Å². The zero-order chi connectivity index (χ0) is 21.1. The quantitative estimate of drug-likeness (QED) is 0.615. The number of amides is 2. The highest BCUT2D eigenvalue weighted by Gasteiger charge is 2.17. The molecule has 1 aromatic heterocycles. The molecule has 1 aliphatic rings. The summed E-state index contributed by atoms with van der Waals surface area (Å²) in [6.07, 6.45) is 6.19. The second-order valence-electron chi connectivity index (χ2n) is 7.89. The second kappa shape index (κ2) is 8.57. The van der Waals surface area contributed by atoms with Gasteiger partial charge in [0.15, 0.2) is 5.76 Å². The maximum absolute atomic E-state index is 12.9. The minimum Gasteiger partial charge on any atom is -0.459 e. The van der Waals surface area contributed by atoms with E-state index in [0.717, 1.165) is 24.0 Å². The summed E-state index contributed by atoms with van der Waals surface area (Å²) in [4.78, 5) is 25.1. The van der Waals surface area contributed by atoms with Crippen molar-refractivity contribution in [2.45, 2.75) is 45.6 Å². The van der Waals surface area contributed by atoms with E-state index in [4.69, 9.17) is 4.42 Å². The van der Waals surface area contributed by atoms with Crippen LogP contribution in [0.5, 0.6) is 0 Å². The van der Waals surface area contributed by atoms with Crippen LogP contribution in [0.1, 0.15) is 69.0 Å². The van der Waals surface area contributed by atoms with Gasteiger partial charge in [-0.05, 0) is 86.1 Å². The fraction of sp³-hybridized carbons (Fsp3) is 0.280. The molecule has 1 heterocycles. The van der Waals surface area contributed by atoms with Gasteiger partial charge in [-0.2, -0.15) is 0 Å². The van der Waals surface area contributed by atoms with Gasteiger partial charge < -0.3 is 15.1 Å². The Balaban J connectivity index is 1.47. The van der Waals surface area contributed by atoms with Gasteiger partial charge in [-0.3, -0.25) is 9.59 Å². The van der Waals surface area contributed by atoms with E-state index in [-0.39, 0.29) is 23.6 Å².